The summed E-state index contributed by atoms with van der Waals surface area (Å²) in [5.74, 6) is -0.125. The molecule has 1 aromatic carbocycles. The second-order valence-electron chi connectivity index (χ2n) is 7.11. The molecule has 0 radical (unpaired) electrons. The highest BCUT2D eigenvalue weighted by Gasteiger charge is 2.23. The maximum atomic E-state index is 12.3. The first-order valence-electron chi connectivity index (χ1n) is 8.20. The number of hydroxylamine groups is 1. The van der Waals surface area contributed by atoms with Gasteiger partial charge in [0.05, 0.1) is 9.82 Å². The summed E-state index contributed by atoms with van der Waals surface area (Å²) in [4.78, 5) is 26.8. The Morgan fingerprint density at radius 2 is 1.78 bits per heavy atom. The third kappa shape index (κ3) is 7.89. The van der Waals surface area contributed by atoms with E-state index >= 15 is 0 Å². The summed E-state index contributed by atoms with van der Waals surface area (Å²) in [6.45, 7) is 8.57. The minimum Gasteiger partial charge on any atom is -0.442 e. The molecule has 1 atom stereocenters. The normalized spacial score (nSPS) is 13.3. The van der Waals surface area contributed by atoms with Crippen LogP contribution in [0.1, 0.15) is 34.6 Å². The number of carbonyl (C=O) groups excluding carboxylic acids is 1. The van der Waals surface area contributed by atoms with Crippen LogP contribution in [-0.2, 0) is 19.6 Å². The van der Waals surface area contributed by atoms with Crippen LogP contribution in [-0.4, -0.2) is 37.7 Å². The number of hydrogen-bond donors (Lipinski definition) is 2. The summed E-state index contributed by atoms with van der Waals surface area (Å²) in [6, 6.07) is 4.50. The second-order valence-corrected chi connectivity index (χ2v) is 8.87. The fraction of sp³-hybridized carbons (Fsp3) is 0.562. The van der Waals surface area contributed by atoms with Gasteiger partial charge in [0.15, 0.2) is 0 Å². The second kappa shape index (κ2) is 9.11. The molecule has 0 saturated carbocycles. The van der Waals surface area contributed by atoms with Gasteiger partial charge in [0.25, 0.3) is 5.69 Å². The number of non-ortho nitro benzene ring substituents is 1. The number of nitro groups is 1. The molecule has 1 rings (SSSR count). The first-order chi connectivity index (χ1) is 12.3. The van der Waals surface area contributed by atoms with Gasteiger partial charge >= 0.3 is 6.09 Å². The lowest BCUT2D eigenvalue weighted by Gasteiger charge is -2.24. The lowest BCUT2D eigenvalue weighted by molar-refractivity contribution is -0.384. The van der Waals surface area contributed by atoms with Gasteiger partial charge in [-0.1, -0.05) is 13.8 Å². The quantitative estimate of drug-likeness (QED) is 0.502. The van der Waals surface area contributed by atoms with Crippen LogP contribution in [0.4, 0.5) is 10.5 Å². The Balaban J connectivity index is 2.69. The fourth-order valence-corrected chi connectivity index (χ4v) is 2.90. The SMILES string of the molecule is CC(C)C(CNS(=O)(=O)c1ccc([N+](=O)[O-])cc1)ONC(=O)OC(C)(C)C. The molecule has 10 nitrogen and oxygen atoms in total. The maximum Gasteiger partial charge on any atom is 0.431 e. The molecule has 0 saturated heterocycles. The van der Waals surface area contributed by atoms with E-state index in [2.05, 4.69) is 10.2 Å². The summed E-state index contributed by atoms with van der Waals surface area (Å²) in [5, 5.41) is 10.6. The molecule has 0 aliphatic rings. The van der Waals surface area contributed by atoms with Crippen LogP contribution in [0.5, 0.6) is 0 Å². The van der Waals surface area contributed by atoms with E-state index in [0.717, 1.165) is 24.3 Å². The maximum absolute atomic E-state index is 12.3. The van der Waals surface area contributed by atoms with Gasteiger partial charge in [-0.15, -0.1) is 0 Å². The lowest BCUT2D eigenvalue weighted by atomic mass is 10.1. The molecule has 11 heteroatoms. The highest BCUT2D eigenvalue weighted by molar-refractivity contribution is 7.89. The molecule has 27 heavy (non-hydrogen) atoms. The van der Waals surface area contributed by atoms with Crippen molar-refractivity contribution in [2.45, 2.75) is 51.2 Å². The summed E-state index contributed by atoms with van der Waals surface area (Å²) in [7, 11) is -3.90. The molecule has 0 bridgehead atoms. The molecule has 0 spiro atoms. The van der Waals surface area contributed by atoms with Crippen LogP contribution in [0.15, 0.2) is 29.2 Å². The van der Waals surface area contributed by atoms with Crippen molar-refractivity contribution in [2.75, 3.05) is 6.54 Å². The van der Waals surface area contributed by atoms with Crippen LogP contribution in [0.25, 0.3) is 0 Å². The van der Waals surface area contributed by atoms with Crippen molar-refractivity contribution in [1.82, 2.24) is 10.2 Å². The van der Waals surface area contributed by atoms with Crippen LogP contribution < -0.4 is 10.2 Å². The zero-order chi connectivity index (χ0) is 20.8. The Hall–Kier alpha value is -2.24. The highest BCUT2D eigenvalue weighted by atomic mass is 32.2. The third-order valence-corrected chi connectivity index (χ3v) is 4.71. The van der Waals surface area contributed by atoms with Crippen LogP contribution in [0.2, 0.25) is 0 Å². The first-order valence-corrected chi connectivity index (χ1v) is 9.69. The Labute approximate surface area is 158 Å². The van der Waals surface area contributed by atoms with E-state index in [-0.39, 0.29) is 23.0 Å². The number of nitrogens with zero attached hydrogens (tertiary/aromatic N) is 1. The van der Waals surface area contributed by atoms with Crippen LogP contribution in [0, 0.1) is 16.0 Å². The molecule has 1 amide bonds. The van der Waals surface area contributed by atoms with Crippen molar-refractivity contribution in [2.24, 2.45) is 5.92 Å². The van der Waals surface area contributed by atoms with Crippen molar-refractivity contribution in [3.05, 3.63) is 34.4 Å². The Morgan fingerprint density at radius 3 is 2.22 bits per heavy atom. The van der Waals surface area contributed by atoms with Gasteiger partial charge in [-0.3, -0.25) is 15.0 Å². The number of amides is 1. The van der Waals surface area contributed by atoms with E-state index in [1.807, 2.05) is 0 Å². The van der Waals surface area contributed by atoms with E-state index in [1.54, 1.807) is 34.6 Å². The van der Waals surface area contributed by atoms with Gasteiger partial charge in [-0.2, -0.15) is 5.48 Å². The topological polar surface area (TPSA) is 137 Å². The van der Waals surface area contributed by atoms with Crippen molar-refractivity contribution in [1.29, 1.82) is 0 Å². The van der Waals surface area contributed by atoms with E-state index in [0.29, 0.717) is 0 Å². The number of ether oxygens (including phenoxy) is 1. The molecule has 0 aliphatic heterocycles. The monoisotopic (exact) mass is 403 g/mol. The van der Waals surface area contributed by atoms with E-state index in [9.17, 15) is 23.3 Å². The average Bonchev–Trinajstić information content (AvgIpc) is 2.52. The van der Waals surface area contributed by atoms with Gasteiger partial charge in [0.1, 0.15) is 11.7 Å². The number of nitro benzene ring substituents is 1. The minimum absolute atomic E-state index is 0.115. The molecular formula is C16H25N3O7S. The van der Waals surface area contributed by atoms with E-state index in [4.69, 9.17) is 9.57 Å². The molecular weight excluding hydrogens is 378 g/mol. The smallest absolute Gasteiger partial charge is 0.431 e. The largest absolute Gasteiger partial charge is 0.442 e. The number of rotatable bonds is 8. The standard InChI is InChI=1S/C16H25N3O7S/c1-11(2)14(26-18-15(20)25-16(3,4)5)10-17-27(23,24)13-8-6-12(7-9-13)19(21)22/h6-9,11,14,17H,10H2,1-5H3,(H,18,20). The minimum atomic E-state index is -3.90. The third-order valence-electron chi connectivity index (χ3n) is 3.27. The summed E-state index contributed by atoms with van der Waals surface area (Å²) in [6.07, 6.45) is -1.45. The number of benzene rings is 1. The van der Waals surface area contributed by atoms with Crippen molar-refractivity contribution in [3.63, 3.8) is 0 Å². The van der Waals surface area contributed by atoms with E-state index < -0.39 is 32.7 Å². The first kappa shape index (κ1) is 22.8. The number of carbonyl (C=O) groups is 1. The molecule has 0 aromatic heterocycles. The van der Waals surface area contributed by atoms with Gasteiger partial charge in [-0.05, 0) is 38.8 Å². The van der Waals surface area contributed by atoms with Crippen molar-refractivity contribution in [3.8, 4) is 0 Å². The van der Waals surface area contributed by atoms with Crippen molar-refractivity contribution < 1.29 is 27.7 Å². The lowest BCUT2D eigenvalue weighted by Crippen LogP contribution is -2.42. The average molecular weight is 403 g/mol. The zero-order valence-corrected chi connectivity index (χ0v) is 16.7. The van der Waals surface area contributed by atoms with Crippen LogP contribution in [0.3, 0.4) is 0 Å². The molecule has 152 valence electrons. The van der Waals surface area contributed by atoms with Crippen molar-refractivity contribution >= 4 is 21.8 Å². The molecule has 2 N–H and O–H groups in total. The van der Waals surface area contributed by atoms with Gasteiger partial charge in [-0.25, -0.2) is 17.9 Å². The van der Waals surface area contributed by atoms with E-state index in [1.165, 1.54) is 0 Å². The molecule has 1 unspecified atom stereocenters. The Morgan fingerprint density at radius 1 is 1.22 bits per heavy atom. The molecule has 0 heterocycles. The Bertz CT molecular complexity index is 755. The molecule has 1 aromatic rings. The Kier molecular flexibility index (Phi) is 7.69. The molecule has 0 fully saturated rings. The predicted molar refractivity (Wildman–Crippen MR) is 97.4 cm³/mol. The summed E-state index contributed by atoms with van der Waals surface area (Å²) >= 11 is 0. The van der Waals surface area contributed by atoms with Gasteiger partial charge < -0.3 is 4.74 Å². The summed E-state index contributed by atoms with van der Waals surface area (Å²) in [5.41, 5.74) is 1.24. The summed E-state index contributed by atoms with van der Waals surface area (Å²) < 4.78 is 32.0. The predicted octanol–water partition coefficient (Wildman–Crippen LogP) is 2.35. The molecule has 0 aliphatic carbocycles. The number of sulfonamides is 1. The fourth-order valence-electron chi connectivity index (χ4n) is 1.86. The zero-order valence-electron chi connectivity index (χ0n) is 15.9. The van der Waals surface area contributed by atoms with Gasteiger partial charge in [0.2, 0.25) is 10.0 Å². The number of hydrogen-bond acceptors (Lipinski definition) is 7. The highest BCUT2D eigenvalue weighted by Crippen LogP contribution is 2.16. The number of nitrogens with one attached hydrogen (secondary N) is 2. The van der Waals surface area contributed by atoms with Gasteiger partial charge in [0, 0.05) is 18.7 Å². The van der Waals surface area contributed by atoms with Crippen LogP contribution >= 0.6 is 0 Å².